The molecular formula is C17H20ClNO3S. The fourth-order valence-corrected chi connectivity index (χ4v) is 5.18. The van der Waals surface area contributed by atoms with E-state index >= 15 is 0 Å². The molecule has 0 radical (unpaired) electrons. The number of hydrogen-bond acceptors (Lipinski definition) is 3. The van der Waals surface area contributed by atoms with Gasteiger partial charge in [0.15, 0.2) is 0 Å². The third-order valence-electron chi connectivity index (χ3n) is 4.84. The van der Waals surface area contributed by atoms with Crippen LogP contribution in [-0.2, 0) is 10.0 Å². The first-order chi connectivity index (χ1) is 10.8. The van der Waals surface area contributed by atoms with Crippen molar-refractivity contribution in [1.29, 1.82) is 0 Å². The lowest BCUT2D eigenvalue weighted by Gasteiger charge is -2.39. The monoisotopic (exact) mass is 353 g/mol. The van der Waals surface area contributed by atoms with E-state index in [0.717, 1.165) is 18.4 Å². The van der Waals surface area contributed by atoms with Gasteiger partial charge in [0, 0.05) is 29.1 Å². The van der Waals surface area contributed by atoms with Gasteiger partial charge >= 0.3 is 0 Å². The number of rotatable bonds is 1. The van der Waals surface area contributed by atoms with Crippen LogP contribution in [0.2, 0.25) is 5.02 Å². The Morgan fingerprint density at radius 3 is 2.87 bits per heavy atom. The Balaban J connectivity index is 1.88. The van der Waals surface area contributed by atoms with Crippen molar-refractivity contribution in [1.82, 2.24) is 4.31 Å². The predicted molar refractivity (Wildman–Crippen MR) is 90.6 cm³/mol. The maximum atomic E-state index is 11.9. The zero-order valence-corrected chi connectivity index (χ0v) is 14.6. The Labute approximate surface area is 142 Å². The molecule has 6 heteroatoms. The van der Waals surface area contributed by atoms with E-state index in [1.807, 2.05) is 12.1 Å². The third-order valence-corrected chi connectivity index (χ3v) is 6.38. The van der Waals surface area contributed by atoms with Crippen molar-refractivity contribution in [3.8, 4) is 11.8 Å². The summed E-state index contributed by atoms with van der Waals surface area (Å²) in [6, 6.07) is 7.06. The predicted octanol–water partition coefficient (Wildman–Crippen LogP) is 2.26. The summed E-state index contributed by atoms with van der Waals surface area (Å²) in [6.45, 7) is 0.468. The van der Waals surface area contributed by atoms with E-state index in [1.54, 1.807) is 12.1 Å². The van der Waals surface area contributed by atoms with Crippen LogP contribution in [0.25, 0.3) is 0 Å². The van der Waals surface area contributed by atoms with Gasteiger partial charge in [-0.25, -0.2) is 8.42 Å². The minimum Gasteiger partial charge on any atom is -0.377 e. The minimum absolute atomic E-state index is 0.127. The van der Waals surface area contributed by atoms with Crippen molar-refractivity contribution in [3.63, 3.8) is 0 Å². The molecule has 1 aliphatic carbocycles. The van der Waals surface area contributed by atoms with Gasteiger partial charge in [-0.3, -0.25) is 0 Å². The van der Waals surface area contributed by atoms with Gasteiger partial charge in [-0.05, 0) is 43.9 Å². The summed E-state index contributed by atoms with van der Waals surface area (Å²) in [4.78, 5) is 0. The van der Waals surface area contributed by atoms with Crippen molar-refractivity contribution in [2.24, 2.45) is 5.92 Å². The fraction of sp³-hybridized carbons (Fsp3) is 0.529. The number of sulfonamides is 1. The molecule has 124 valence electrons. The van der Waals surface area contributed by atoms with Crippen LogP contribution in [-0.4, -0.2) is 42.3 Å². The molecule has 1 aromatic carbocycles. The highest BCUT2D eigenvalue weighted by molar-refractivity contribution is 7.88. The number of fused-ring (bicyclic) bond motifs is 1. The van der Waals surface area contributed by atoms with Crippen LogP contribution < -0.4 is 0 Å². The molecule has 1 saturated heterocycles. The fourth-order valence-electron chi connectivity index (χ4n) is 3.81. The second kappa shape index (κ2) is 6.10. The van der Waals surface area contributed by atoms with Gasteiger partial charge < -0.3 is 5.11 Å². The maximum absolute atomic E-state index is 11.9. The molecule has 4 nitrogen and oxygen atoms in total. The van der Waals surface area contributed by atoms with E-state index in [-0.39, 0.29) is 12.0 Å². The molecule has 0 bridgehead atoms. The molecule has 0 spiro atoms. The maximum Gasteiger partial charge on any atom is 0.211 e. The molecular weight excluding hydrogens is 334 g/mol. The smallest absolute Gasteiger partial charge is 0.211 e. The SMILES string of the molecule is CS(=O)(=O)N1CCC2C1CCCC2(O)C#Cc1cccc(Cl)c1. The van der Waals surface area contributed by atoms with Crippen molar-refractivity contribution in [2.45, 2.75) is 37.3 Å². The van der Waals surface area contributed by atoms with Crippen LogP contribution in [0.4, 0.5) is 0 Å². The van der Waals surface area contributed by atoms with Crippen LogP contribution in [0, 0.1) is 17.8 Å². The van der Waals surface area contributed by atoms with E-state index in [9.17, 15) is 13.5 Å². The van der Waals surface area contributed by atoms with Gasteiger partial charge in [0.05, 0.1) is 6.26 Å². The molecule has 3 atom stereocenters. The average Bonchev–Trinajstić information content (AvgIpc) is 2.91. The second-order valence-corrected chi connectivity index (χ2v) is 8.78. The second-order valence-electron chi connectivity index (χ2n) is 6.41. The lowest BCUT2D eigenvalue weighted by atomic mass is 9.73. The average molecular weight is 354 g/mol. The van der Waals surface area contributed by atoms with E-state index in [2.05, 4.69) is 11.8 Å². The first-order valence-corrected chi connectivity index (χ1v) is 10.0. The van der Waals surface area contributed by atoms with Gasteiger partial charge in [0.1, 0.15) is 5.60 Å². The van der Waals surface area contributed by atoms with Crippen molar-refractivity contribution < 1.29 is 13.5 Å². The van der Waals surface area contributed by atoms with Crippen molar-refractivity contribution >= 4 is 21.6 Å². The highest BCUT2D eigenvalue weighted by atomic mass is 35.5. The summed E-state index contributed by atoms with van der Waals surface area (Å²) in [7, 11) is -3.24. The first kappa shape index (κ1) is 16.8. The zero-order valence-electron chi connectivity index (χ0n) is 13.0. The summed E-state index contributed by atoms with van der Waals surface area (Å²) < 4.78 is 25.4. The molecule has 1 saturated carbocycles. The Morgan fingerprint density at radius 2 is 2.17 bits per heavy atom. The molecule has 3 rings (SSSR count). The van der Waals surface area contributed by atoms with Crippen molar-refractivity contribution in [3.05, 3.63) is 34.9 Å². The van der Waals surface area contributed by atoms with E-state index in [4.69, 9.17) is 11.6 Å². The van der Waals surface area contributed by atoms with Gasteiger partial charge in [-0.2, -0.15) is 4.31 Å². The molecule has 1 aromatic rings. The number of halogens is 1. The molecule has 1 aliphatic heterocycles. The summed E-state index contributed by atoms with van der Waals surface area (Å²) in [5.74, 6) is 5.89. The Kier molecular flexibility index (Phi) is 4.45. The largest absolute Gasteiger partial charge is 0.377 e. The highest BCUT2D eigenvalue weighted by Crippen LogP contribution is 2.43. The summed E-state index contributed by atoms with van der Waals surface area (Å²) in [5.41, 5.74) is -0.379. The number of nitrogens with zero attached hydrogens (tertiary/aromatic N) is 1. The summed E-state index contributed by atoms with van der Waals surface area (Å²) in [5, 5.41) is 11.6. The standard InChI is InChI=1S/C17H20ClNO3S/c1-23(21,22)19-11-8-15-16(19)6-3-9-17(15,20)10-7-13-4-2-5-14(18)12-13/h2,4-5,12,15-16,20H,3,6,8-9,11H2,1H3. The molecule has 2 aliphatic rings. The Morgan fingerprint density at radius 1 is 1.39 bits per heavy atom. The van der Waals surface area contributed by atoms with Crippen LogP contribution in [0.3, 0.4) is 0 Å². The molecule has 2 fully saturated rings. The van der Waals surface area contributed by atoms with Crippen LogP contribution >= 0.6 is 11.6 Å². The summed E-state index contributed by atoms with van der Waals surface area (Å²) in [6.07, 6.45) is 4.03. The molecule has 0 aromatic heterocycles. The number of benzene rings is 1. The Hall–Kier alpha value is -1.06. The third kappa shape index (κ3) is 3.41. The lowest BCUT2D eigenvalue weighted by Crippen LogP contribution is -2.49. The summed E-state index contributed by atoms with van der Waals surface area (Å²) >= 11 is 5.96. The normalized spacial score (nSPS) is 31.3. The molecule has 23 heavy (non-hydrogen) atoms. The zero-order chi connectivity index (χ0) is 16.7. The first-order valence-electron chi connectivity index (χ1n) is 7.77. The van der Waals surface area contributed by atoms with Crippen LogP contribution in [0.1, 0.15) is 31.2 Å². The lowest BCUT2D eigenvalue weighted by molar-refractivity contribution is -0.00621. The van der Waals surface area contributed by atoms with E-state index in [1.165, 1.54) is 10.6 Å². The highest BCUT2D eigenvalue weighted by Gasteiger charge is 2.51. The topological polar surface area (TPSA) is 57.6 Å². The molecule has 0 amide bonds. The van der Waals surface area contributed by atoms with Crippen LogP contribution in [0.5, 0.6) is 0 Å². The van der Waals surface area contributed by atoms with E-state index < -0.39 is 15.6 Å². The number of aliphatic hydroxyl groups is 1. The van der Waals surface area contributed by atoms with E-state index in [0.29, 0.717) is 24.4 Å². The van der Waals surface area contributed by atoms with Crippen LogP contribution in [0.15, 0.2) is 24.3 Å². The van der Waals surface area contributed by atoms with Gasteiger partial charge in [-0.1, -0.05) is 29.5 Å². The molecule has 3 unspecified atom stereocenters. The van der Waals surface area contributed by atoms with Crippen molar-refractivity contribution in [2.75, 3.05) is 12.8 Å². The minimum atomic E-state index is -3.24. The van der Waals surface area contributed by atoms with Gasteiger partial charge in [0.2, 0.25) is 10.0 Å². The quantitative estimate of drug-likeness (QED) is 0.788. The van der Waals surface area contributed by atoms with Gasteiger partial charge in [0.25, 0.3) is 0 Å². The number of hydrogen-bond donors (Lipinski definition) is 1. The molecule has 1 N–H and O–H groups in total. The van der Waals surface area contributed by atoms with Gasteiger partial charge in [-0.15, -0.1) is 0 Å². The molecule has 1 heterocycles. The Bertz CT molecular complexity index is 768.